The number of fused-ring (bicyclic) bond motifs is 2. The van der Waals surface area contributed by atoms with Gasteiger partial charge < -0.3 is 18.9 Å². The molecular weight excluding hydrogens is 304 g/mol. The maximum atomic E-state index is 5.48. The third-order valence-electron chi connectivity index (χ3n) is 4.63. The predicted molar refractivity (Wildman–Crippen MR) is 91.2 cm³/mol. The highest BCUT2D eigenvalue weighted by molar-refractivity contribution is 5.44. The Morgan fingerprint density at radius 3 is 2.88 bits per heavy atom. The van der Waals surface area contributed by atoms with Gasteiger partial charge in [0.1, 0.15) is 5.82 Å². The van der Waals surface area contributed by atoms with Gasteiger partial charge in [0.25, 0.3) is 0 Å². The summed E-state index contributed by atoms with van der Waals surface area (Å²) in [5.74, 6) is 2.92. The zero-order chi connectivity index (χ0) is 16.5. The number of rotatable bonds is 4. The first-order valence-electron chi connectivity index (χ1n) is 8.48. The third kappa shape index (κ3) is 3.12. The molecule has 0 saturated heterocycles. The van der Waals surface area contributed by atoms with Crippen molar-refractivity contribution in [3.05, 3.63) is 41.5 Å². The van der Waals surface area contributed by atoms with E-state index in [1.54, 1.807) is 0 Å². The summed E-state index contributed by atoms with van der Waals surface area (Å²) < 4.78 is 13.3. The Balaban J connectivity index is 1.43. The average molecular weight is 328 g/mol. The Hall–Kier alpha value is -2.05. The van der Waals surface area contributed by atoms with Crippen molar-refractivity contribution in [3.63, 3.8) is 0 Å². The molecule has 1 aromatic carbocycles. The summed E-state index contributed by atoms with van der Waals surface area (Å²) in [4.78, 5) is 9.32. The van der Waals surface area contributed by atoms with Crippen molar-refractivity contribution in [2.24, 2.45) is 0 Å². The van der Waals surface area contributed by atoms with Gasteiger partial charge in [-0.05, 0) is 31.8 Å². The van der Waals surface area contributed by atoms with Crippen LogP contribution in [0.25, 0.3) is 0 Å². The number of hydrogen-bond acceptors (Lipinski definition) is 5. The van der Waals surface area contributed by atoms with Gasteiger partial charge in [-0.25, -0.2) is 4.98 Å². The van der Waals surface area contributed by atoms with Crippen LogP contribution in [-0.4, -0.2) is 53.3 Å². The molecule has 0 unspecified atom stereocenters. The summed E-state index contributed by atoms with van der Waals surface area (Å²) >= 11 is 0. The molecule has 0 saturated carbocycles. The molecule has 2 aliphatic heterocycles. The van der Waals surface area contributed by atoms with Gasteiger partial charge in [0, 0.05) is 45.3 Å². The molecule has 4 rings (SSSR count). The molecule has 2 aromatic rings. The number of benzene rings is 1. The highest BCUT2D eigenvalue weighted by Gasteiger charge is 2.19. The molecule has 6 nitrogen and oxygen atoms in total. The van der Waals surface area contributed by atoms with Crippen LogP contribution in [-0.2, 0) is 26.1 Å². The first-order valence-corrected chi connectivity index (χ1v) is 8.48. The fourth-order valence-electron chi connectivity index (χ4n) is 3.44. The Kier molecular flexibility index (Phi) is 4.16. The third-order valence-corrected chi connectivity index (χ3v) is 4.63. The fraction of sp³-hybridized carbons (Fsp3) is 0.500. The lowest BCUT2D eigenvalue weighted by Gasteiger charge is -2.20. The Morgan fingerprint density at radius 1 is 1.12 bits per heavy atom. The van der Waals surface area contributed by atoms with E-state index in [2.05, 4.69) is 45.6 Å². The van der Waals surface area contributed by atoms with Crippen LogP contribution in [0.1, 0.15) is 17.1 Å². The summed E-state index contributed by atoms with van der Waals surface area (Å²) in [6.45, 7) is 5.28. The van der Waals surface area contributed by atoms with E-state index in [1.165, 1.54) is 17.1 Å². The molecule has 6 heteroatoms. The zero-order valence-electron chi connectivity index (χ0n) is 14.4. The van der Waals surface area contributed by atoms with E-state index >= 15 is 0 Å². The Bertz CT molecular complexity index is 726. The van der Waals surface area contributed by atoms with Crippen LogP contribution >= 0.6 is 0 Å². The van der Waals surface area contributed by atoms with E-state index in [0.29, 0.717) is 6.79 Å². The van der Waals surface area contributed by atoms with Gasteiger partial charge in [-0.2, -0.15) is 0 Å². The van der Waals surface area contributed by atoms with Crippen LogP contribution < -0.4 is 9.47 Å². The molecule has 2 aliphatic rings. The lowest BCUT2D eigenvalue weighted by Crippen LogP contribution is -2.26. The van der Waals surface area contributed by atoms with Crippen LogP contribution in [0, 0.1) is 0 Å². The SMILES string of the molecule is CN(C)Cc1cnc2n1CCN(Cc1ccc3c(c1)OCO3)CC2. The monoisotopic (exact) mass is 328 g/mol. The second-order valence-electron chi connectivity index (χ2n) is 6.77. The molecule has 128 valence electrons. The smallest absolute Gasteiger partial charge is 0.231 e. The van der Waals surface area contributed by atoms with Crippen molar-refractivity contribution < 1.29 is 9.47 Å². The molecular formula is C18H24N4O2. The van der Waals surface area contributed by atoms with Gasteiger partial charge in [-0.15, -0.1) is 0 Å². The standard InChI is InChI=1S/C18H24N4O2/c1-20(2)12-15-10-19-18-5-6-21(7-8-22(15)18)11-14-3-4-16-17(9-14)24-13-23-16/h3-4,9-10H,5-8,11-13H2,1-2H3. The fourth-order valence-corrected chi connectivity index (χ4v) is 3.44. The van der Waals surface area contributed by atoms with Crippen molar-refractivity contribution in [2.45, 2.75) is 26.1 Å². The number of hydrogen-bond donors (Lipinski definition) is 0. The highest BCUT2D eigenvalue weighted by atomic mass is 16.7. The van der Waals surface area contributed by atoms with Crippen LogP contribution in [0.3, 0.4) is 0 Å². The van der Waals surface area contributed by atoms with Crippen molar-refractivity contribution >= 4 is 0 Å². The molecule has 0 spiro atoms. The summed E-state index contributed by atoms with van der Waals surface area (Å²) in [5, 5.41) is 0. The molecule has 0 aliphatic carbocycles. The number of ether oxygens (including phenoxy) is 2. The Labute approximate surface area is 142 Å². The van der Waals surface area contributed by atoms with E-state index < -0.39 is 0 Å². The summed E-state index contributed by atoms with van der Waals surface area (Å²) in [6.07, 6.45) is 3.03. The first-order chi connectivity index (χ1) is 11.7. The number of nitrogens with zero attached hydrogens (tertiary/aromatic N) is 4. The maximum absolute atomic E-state index is 5.48. The molecule has 0 amide bonds. The zero-order valence-corrected chi connectivity index (χ0v) is 14.4. The van der Waals surface area contributed by atoms with Crippen molar-refractivity contribution in [1.82, 2.24) is 19.4 Å². The molecule has 0 atom stereocenters. The summed E-state index contributed by atoms with van der Waals surface area (Å²) in [6, 6.07) is 6.24. The first kappa shape index (κ1) is 15.5. The summed E-state index contributed by atoms with van der Waals surface area (Å²) in [5.41, 5.74) is 2.58. The highest BCUT2D eigenvalue weighted by Crippen LogP contribution is 2.32. The number of aromatic nitrogens is 2. The minimum atomic E-state index is 0.332. The maximum Gasteiger partial charge on any atom is 0.231 e. The van der Waals surface area contributed by atoms with Crippen LogP contribution in [0.2, 0.25) is 0 Å². The molecule has 3 heterocycles. The molecule has 1 aromatic heterocycles. The van der Waals surface area contributed by atoms with Crippen LogP contribution in [0.15, 0.2) is 24.4 Å². The molecule has 0 radical (unpaired) electrons. The normalized spacial score (nSPS) is 17.1. The quantitative estimate of drug-likeness (QED) is 0.855. The van der Waals surface area contributed by atoms with E-state index in [4.69, 9.17) is 9.47 Å². The van der Waals surface area contributed by atoms with Crippen molar-refractivity contribution in [2.75, 3.05) is 34.0 Å². The van der Waals surface area contributed by atoms with Gasteiger partial charge in [0.15, 0.2) is 11.5 Å². The molecule has 24 heavy (non-hydrogen) atoms. The van der Waals surface area contributed by atoms with Crippen LogP contribution in [0.5, 0.6) is 11.5 Å². The van der Waals surface area contributed by atoms with Gasteiger partial charge in [0.2, 0.25) is 6.79 Å². The molecule has 0 N–H and O–H groups in total. The van der Waals surface area contributed by atoms with E-state index in [0.717, 1.165) is 50.6 Å². The number of imidazole rings is 1. The van der Waals surface area contributed by atoms with Gasteiger partial charge >= 0.3 is 0 Å². The van der Waals surface area contributed by atoms with Gasteiger partial charge in [-0.3, -0.25) is 4.90 Å². The largest absolute Gasteiger partial charge is 0.454 e. The summed E-state index contributed by atoms with van der Waals surface area (Å²) in [7, 11) is 4.20. The van der Waals surface area contributed by atoms with E-state index in [9.17, 15) is 0 Å². The van der Waals surface area contributed by atoms with E-state index in [-0.39, 0.29) is 0 Å². The van der Waals surface area contributed by atoms with Crippen molar-refractivity contribution in [1.29, 1.82) is 0 Å². The van der Waals surface area contributed by atoms with Gasteiger partial charge in [-0.1, -0.05) is 6.07 Å². The second kappa shape index (κ2) is 6.45. The average Bonchev–Trinajstić information content (AvgIpc) is 3.11. The topological polar surface area (TPSA) is 42.8 Å². The lowest BCUT2D eigenvalue weighted by atomic mass is 10.2. The second-order valence-corrected chi connectivity index (χ2v) is 6.77. The molecule has 0 bridgehead atoms. The van der Waals surface area contributed by atoms with E-state index in [1.807, 2.05) is 12.3 Å². The van der Waals surface area contributed by atoms with Crippen LogP contribution in [0.4, 0.5) is 0 Å². The molecule has 0 fully saturated rings. The lowest BCUT2D eigenvalue weighted by molar-refractivity contribution is 0.174. The minimum absolute atomic E-state index is 0.332. The minimum Gasteiger partial charge on any atom is -0.454 e. The van der Waals surface area contributed by atoms with Gasteiger partial charge in [0.05, 0.1) is 5.69 Å². The predicted octanol–water partition coefficient (Wildman–Crippen LogP) is 1.73. The Morgan fingerprint density at radius 2 is 2.00 bits per heavy atom. The van der Waals surface area contributed by atoms with Crippen molar-refractivity contribution in [3.8, 4) is 11.5 Å².